The van der Waals surface area contributed by atoms with E-state index >= 15 is 0 Å². The van der Waals surface area contributed by atoms with Crippen molar-refractivity contribution in [2.45, 2.75) is 26.9 Å². The molecule has 5 heteroatoms. The average Bonchev–Trinajstić information content (AvgIpc) is 2.49. The topological polar surface area (TPSA) is 70.3 Å². The Balaban J connectivity index is 2.09. The van der Waals surface area contributed by atoms with Gasteiger partial charge >= 0.3 is 5.97 Å². The van der Waals surface area contributed by atoms with Crippen molar-refractivity contribution in [3.8, 4) is 0 Å². The van der Waals surface area contributed by atoms with Crippen molar-refractivity contribution < 1.29 is 19.1 Å². The minimum atomic E-state index is -0.894. The fraction of sp³-hybridized carbons (Fsp3) is 0.235. The highest BCUT2D eigenvalue weighted by Gasteiger charge is 2.21. The van der Waals surface area contributed by atoms with Crippen molar-refractivity contribution >= 4 is 11.8 Å². The van der Waals surface area contributed by atoms with Crippen LogP contribution in [-0.4, -0.2) is 17.9 Å². The van der Waals surface area contributed by atoms with Crippen LogP contribution in [0.5, 0.6) is 0 Å². The van der Waals surface area contributed by atoms with Gasteiger partial charge in [-0.05, 0) is 38.0 Å². The molecule has 1 aromatic heterocycles. The van der Waals surface area contributed by atoms with Gasteiger partial charge in [0.1, 0.15) is 0 Å². The zero-order valence-electron chi connectivity index (χ0n) is 12.7. The molecule has 1 aromatic carbocycles. The first kappa shape index (κ1) is 15.7. The Bertz CT molecular complexity index is 707. The van der Waals surface area contributed by atoms with Crippen LogP contribution >= 0.6 is 0 Å². The monoisotopic (exact) mass is 299 g/mol. The number of hydrogen-bond acceptors (Lipinski definition) is 4. The molecule has 0 aliphatic heterocycles. The molecule has 0 spiro atoms. The van der Waals surface area contributed by atoms with E-state index in [0.717, 1.165) is 11.1 Å². The standard InChI is InChI=1S/C17H17NO4/c1-11-4-5-15(10-12(11)2)16(19)13(3)22-17(20)14-6-8-18(21)9-7-14/h4-10,13H,1-3H3/t13-/m0/s1. The molecule has 0 radical (unpaired) electrons. The molecule has 0 bridgehead atoms. The minimum Gasteiger partial charge on any atom is -0.619 e. The first-order chi connectivity index (χ1) is 10.4. The number of esters is 1. The van der Waals surface area contributed by atoms with Crippen LogP contribution in [0.2, 0.25) is 0 Å². The Morgan fingerprint density at radius 1 is 1.05 bits per heavy atom. The third-order valence-corrected chi connectivity index (χ3v) is 3.48. The first-order valence-corrected chi connectivity index (χ1v) is 6.90. The van der Waals surface area contributed by atoms with E-state index in [-0.39, 0.29) is 11.3 Å². The Morgan fingerprint density at radius 3 is 2.27 bits per heavy atom. The number of nitrogens with zero attached hydrogens (tertiary/aromatic N) is 1. The Hall–Kier alpha value is -2.69. The van der Waals surface area contributed by atoms with Crippen molar-refractivity contribution in [3.05, 3.63) is 70.2 Å². The average molecular weight is 299 g/mol. The lowest BCUT2D eigenvalue weighted by Crippen LogP contribution is -2.27. The summed E-state index contributed by atoms with van der Waals surface area (Å²) in [6.45, 7) is 5.42. The Labute approximate surface area is 128 Å². The molecule has 1 atom stereocenters. The van der Waals surface area contributed by atoms with Crippen LogP contribution in [-0.2, 0) is 4.74 Å². The highest BCUT2D eigenvalue weighted by Crippen LogP contribution is 2.13. The summed E-state index contributed by atoms with van der Waals surface area (Å²) in [5.74, 6) is -0.892. The van der Waals surface area contributed by atoms with Crippen LogP contribution < -0.4 is 4.73 Å². The lowest BCUT2D eigenvalue weighted by Gasteiger charge is -2.13. The fourth-order valence-electron chi connectivity index (χ4n) is 1.96. The van der Waals surface area contributed by atoms with Crippen molar-refractivity contribution in [2.75, 3.05) is 0 Å². The molecule has 0 saturated carbocycles. The normalized spacial score (nSPS) is 11.8. The first-order valence-electron chi connectivity index (χ1n) is 6.90. The number of carbonyl (C=O) groups is 2. The quantitative estimate of drug-likeness (QED) is 0.376. The summed E-state index contributed by atoms with van der Waals surface area (Å²) in [5.41, 5.74) is 2.84. The third-order valence-electron chi connectivity index (χ3n) is 3.48. The van der Waals surface area contributed by atoms with Crippen molar-refractivity contribution in [3.63, 3.8) is 0 Å². The molecular weight excluding hydrogens is 282 g/mol. The molecule has 2 rings (SSSR count). The van der Waals surface area contributed by atoms with Gasteiger partial charge in [-0.2, -0.15) is 4.73 Å². The second-order valence-electron chi connectivity index (χ2n) is 5.16. The number of benzene rings is 1. The Morgan fingerprint density at radius 2 is 1.68 bits per heavy atom. The summed E-state index contributed by atoms with van der Waals surface area (Å²) in [6.07, 6.45) is 1.51. The lowest BCUT2D eigenvalue weighted by atomic mass is 10.0. The molecule has 0 fully saturated rings. The van der Waals surface area contributed by atoms with Gasteiger partial charge in [-0.1, -0.05) is 12.1 Å². The van der Waals surface area contributed by atoms with E-state index in [4.69, 9.17) is 4.74 Å². The van der Waals surface area contributed by atoms with E-state index in [0.29, 0.717) is 10.3 Å². The van der Waals surface area contributed by atoms with E-state index in [9.17, 15) is 14.8 Å². The van der Waals surface area contributed by atoms with Crippen molar-refractivity contribution in [1.29, 1.82) is 0 Å². The SMILES string of the molecule is Cc1ccc(C(=O)[C@H](C)OC(=O)c2cc[n+]([O-])cc2)cc1C. The predicted molar refractivity (Wildman–Crippen MR) is 80.5 cm³/mol. The molecule has 5 nitrogen and oxygen atoms in total. The summed E-state index contributed by atoms with van der Waals surface area (Å²) in [5, 5.41) is 10.9. The maximum Gasteiger partial charge on any atom is 0.339 e. The fourth-order valence-corrected chi connectivity index (χ4v) is 1.96. The molecular formula is C17H17NO4. The van der Waals surface area contributed by atoms with Gasteiger partial charge in [-0.25, -0.2) is 4.79 Å². The number of ether oxygens (including phenoxy) is 1. The maximum absolute atomic E-state index is 12.3. The third kappa shape index (κ3) is 3.49. The van der Waals surface area contributed by atoms with E-state index in [1.54, 1.807) is 12.1 Å². The summed E-state index contributed by atoms with van der Waals surface area (Å²) >= 11 is 0. The zero-order chi connectivity index (χ0) is 16.3. The minimum absolute atomic E-state index is 0.229. The molecule has 0 aliphatic carbocycles. The van der Waals surface area contributed by atoms with Gasteiger partial charge in [-0.15, -0.1) is 0 Å². The summed E-state index contributed by atoms with van der Waals surface area (Å²) in [7, 11) is 0. The van der Waals surface area contributed by atoms with Crippen LogP contribution in [0.4, 0.5) is 0 Å². The molecule has 114 valence electrons. The molecule has 0 N–H and O–H groups in total. The van der Waals surface area contributed by atoms with Gasteiger partial charge in [0.25, 0.3) is 0 Å². The number of Topliss-reactive ketones (excluding diaryl/α,β-unsaturated/α-hetero) is 1. The summed E-state index contributed by atoms with van der Waals surface area (Å²) in [6, 6.07) is 8.06. The van der Waals surface area contributed by atoms with Crippen LogP contribution in [0.25, 0.3) is 0 Å². The molecule has 0 aliphatic rings. The maximum atomic E-state index is 12.3. The summed E-state index contributed by atoms with van der Waals surface area (Å²) in [4.78, 5) is 24.2. The van der Waals surface area contributed by atoms with Gasteiger partial charge in [0.05, 0.1) is 5.56 Å². The van der Waals surface area contributed by atoms with Crippen molar-refractivity contribution in [1.82, 2.24) is 0 Å². The van der Waals surface area contributed by atoms with Gasteiger partial charge in [0.2, 0.25) is 5.78 Å². The van der Waals surface area contributed by atoms with E-state index in [2.05, 4.69) is 0 Å². The highest BCUT2D eigenvalue weighted by atomic mass is 16.5. The van der Waals surface area contributed by atoms with E-state index in [1.165, 1.54) is 31.5 Å². The van der Waals surface area contributed by atoms with Crippen molar-refractivity contribution in [2.24, 2.45) is 0 Å². The number of hydrogen-bond donors (Lipinski definition) is 0. The van der Waals surface area contributed by atoms with Crippen LogP contribution in [0.3, 0.4) is 0 Å². The van der Waals surface area contributed by atoms with Gasteiger partial charge < -0.3 is 9.94 Å². The number of pyridine rings is 1. The summed E-state index contributed by atoms with van der Waals surface area (Å²) < 4.78 is 5.73. The molecule has 2 aromatic rings. The predicted octanol–water partition coefficient (Wildman–Crippen LogP) is 2.37. The number of carbonyl (C=O) groups excluding carboxylic acids is 2. The van der Waals surface area contributed by atoms with Crippen LogP contribution in [0.15, 0.2) is 42.7 Å². The lowest BCUT2D eigenvalue weighted by molar-refractivity contribution is -0.605. The second kappa shape index (κ2) is 6.39. The molecule has 1 heterocycles. The molecule has 0 saturated heterocycles. The molecule has 0 unspecified atom stereocenters. The largest absolute Gasteiger partial charge is 0.619 e. The van der Waals surface area contributed by atoms with Gasteiger partial charge in [0, 0.05) is 17.7 Å². The van der Waals surface area contributed by atoms with E-state index in [1.807, 2.05) is 19.9 Å². The second-order valence-corrected chi connectivity index (χ2v) is 5.16. The smallest absolute Gasteiger partial charge is 0.339 e. The number of aromatic nitrogens is 1. The van der Waals surface area contributed by atoms with Crippen LogP contribution in [0.1, 0.15) is 38.8 Å². The zero-order valence-corrected chi connectivity index (χ0v) is 12.7. The Kier molecular flexibility index (Phi) is 4.56. The van der Waals surface area contributed by atoms with E-state index < -0.39 is 12.1 Å². The van der Waals surface area contributed by atoms with Gasteiger partial charge in [-0.3, -0.25) is 4.79 Å². The van der Waals surface area contributed by atoms with Gasteiger partial charge in [0.15, 0.2) is 18.5 Å². The number of aryl methyl sites for hydroxylation is 2. The highest BCUT2D eigenvalue weighted by molar-refractivity contribution is 6.01. The molecule has 22 heavy (non-hydrogen) atoms. The van der Waals surface area contributed by atoms with Crippen LogP contribution in [0, 0.1) is 19.1 Å². The molecule has 0 amide bonds. The number of ketones is 1. The number of rotatable bonds is 4.